The van der Waals surface area contributed by atoms with Gasteiger partial charge in [0.25, 0.3) is 0 Å². The molecule has 4 rings (SSSR count). The van der Waals surface area contributed by atoms with E-state index in [1.807, 2.05) is 54.6 Å². The molecule has 0 aliphatic rings. The minimum Gasteiger partial charge on any atom is -0.488 e. The molecule has 30 heavy (non-hydrogen) atoms. The molecule has 0 atom stereocenters. The molecule has 4 aromatic carbocycles. The summed E-state index contributed by atoms with van der Waals surface area (Å²) in [6.45, 7) is 0.473. The standard InChI is InChI=1S/C26H17BrClNO/c27-25-14-18(13-22(16-29)20-7-4-9-23(28)15-20)11-12-26(25)30-17-21-8-3-6-19-5-1-2-10-24(19)21/h1-15H,17H2/b22-13-. The highest BCUT2D eigenvalue weighted by Crippen LogP contribution is 2.30. The van der Waals surface area contributed by atoms with E-state index in [9.17, 15) is 5.26 Å². The third kappa shape index (κ3) is 4.57. The second kappa shape index (κ2) is 9.17. The number of halogens is 2. The number of ether oxygens (including phenoxy) is 1. The third-order valence-corrected chi connectivity index (χ3v) is 5.64. The Labute approximate surface area is 189 Å². The highest BCUT2D eigenvalue weighted by atomic mass is 79.9. The van der Waals surface area contributed by atoms with E-state index in [1.54, 1.807) is 12.1 Å². The number of rotatable bonds is 5. The Kier molecular flexibility index (Phi) is 6.18. The Morgan fingerprint density at radius 3 is 2.57 bits per heavy atom. The van der Waals surface area contributed by atoms with Crippen molar-refractivity contribution in [1.82, 2.24) is 0 Å². The summed E-state index contributed by atoms with van der Waals surface area (Å²) in [6.07, 6.45) is 1.84. The molecule has 0 radical (unpaired) electrons. The van der Waals surface area contributed by atoms with Crippen LogP contribution in [0.15, 0.2) is 89.4 Å². The summed E-state index contributed by atoms with van der Waals surface area (Å²) >= 11 is 9.65. The van der Waals surface area contributed by atoms with E-state index in [2.05, 4.69) is 46.3 Å². The maximum atomic E-state index is 9.55. The van der Waals surface area contributed by atoms with Crippen LogP contribution in [0.1, 0.15) is 16.7 Å². The maximum Gasteiger partial charge on any atom is 0.134 e. The largest absolute Gasteiger partial charge is 0.488 e. The van der Waals surface area contributed by atoms with Gasteiger partial charge in [-0.3, -0.25) is 0 Å². The molecule has 2 nitrogen and oxygen atoms in total. The third-order valence-electron chi connectivity index (χ3n) is 4.79. The Hall–Kier alpha value is -3.06. The monoisotopic (exact) mass is 473 g/mol. The number of fused-ring (bicyclic) bond motifs is 1. The van der Waals surface area contributed by atoms with E-state index in [1.165, 1.54) is 10.8 Å². The zero-order valence-corrected chi connectivity index (χ0v) is 18.3. The van der Waals surface area contributed by atoms with Gasteiger partial charge in [0.2, 0.25) is 0 Å². The lowest BCUT2D eigenvalue weighted by Crippen LogP contribution is -1.97. The Balaban J connectivity index is 1.55. The van der Waals surface area contributed by atoms with Crippen LogP contribution in [0.3, 0.4) is 0 Å². The van der Waals surface area contributed by atoms with Crippen LogP contribution in [0.5, 0.6) is 5.75 Å². The van der Waals surface area contributed by atoms with Crippen LogP contribution in [0.4, 0.5) is 0 Å². The lowest BCUT2D eigenvalue weighted by Gasteiger charge is -2.11. The van der Waals surface area contributed by atoms with Gasteiger partial charge in [-0.05, 0) is 73.7 Å². The van der Waals surface area contributed by atoms with Crippen molar-refractivity contribution in [3.8, 4) is 11.8 Å². The predicted octanol–water partition coefficient (Wildman–Crippen LogP) is 7.90. The molecule has 4 heteroatoms. The lowest BCUT2D eigenvalue weighted by atomic mass is 10.0. The van der Waals surface area contributed by atoms with Crippen LogP contribution in [0.2, 0.25) is 5.02 Å². The lowest BCUT2D eigenvalue weighted by molar-refractivity contribution is 0.305. The highest BCUT2D eigenvalue weighted by Gasteiger charge is 2.07. The Morgan fingerprint density at radius 1 is 0.967 bits per heavy atom. The molecular formula is C26H17BrClNO. The number of allylic oxidation sites excluding steroid dienone is 1. The first-order valence-corrected chi connectivity index (χ1v) is 10.6. The van der Waals surface area contributed by atoms with Crippen molar-refractivity contribution in [2.24, 2.45) is 0 Å². The first-order chi connectivity index (χ1) is 14.6. The fraction of sp³-hybridized carbons (Fsp3) is 0.0385. The van der Waals surface area contributed by atoms with Gasteiger partial charge in [0.15, 0.2) is 0 Å². The van der Waals surface area contributed by atoms with Gasteiger partial charge in [0.1, 0.15) is 12.4 Å². The Morgan fingerprint density at radius 2 is 1.77 bits per heavy atom. The number of benzene rings is 4. The molecule has 0 saturated heterocycles. The van der Waals surface area contributed by atoms with Crippen LogP contribution in [0.25, 0.3) is 22.4 Å². The van der Waals surface area contributed by atoms with Crippen LogP contribution in [-0.4, -0.2) is 0 Å². The average Bonchev–Trinajstić information content (AvgIpc) is 2.77. The molecule has 0 aromatic heterocycles. The van der Waals surface area contributed by atoms with Gasteiger partial charge < -0.3 is 4.74 Å². The molecule has 0 aliphatic heterocycles. The quantitative estimate of drug-likeness (QED) is 0.217. The summed E-state index contributed by atoms with van der Waals surface area (Å²) in [5.74, 6) is 0.751. The molecule has 0 bridgehead atoms. The summed E-state index contributed by atoms with van der Waals surface area (Å²) in [6, 6.07) is 29.8. The number of nitriles is 1. The molecule has 0 heterocycles. The molecular weight excluding hydrogens is 458 g/mol. The predicted molar refractivity (Wildman–Crippen MR) is 127 cm³/mol. The van der Waals surface area contributed by atoms with Gasteiger partial charge in [-0.1, -0.05) is 72.3 Å². The summed E-state index contributed by atoms with van der Waals surface area (Å²) in [5, 5.41) is 12.5. The van der Waals surface area contributed by atoms with E-state index in [0.717, 1.165) is 26.9 Å². The van der Waals surface area contributed by atoms with Crippen LogP contribution < -0.4 is 4.74 Å². The van der Waals surface area contributed by atoms with E-state index < -0.39 is 0 Å². The van der Waals surface area contributed by atoms with E-state index in [-0.39, 0.29) is 0 Å². The molecule has 146 valence electrons. The smallest absolute Gasteiger partial charge is 0.134 e. The van der Waals surface area contributed by atoms with Crippen molar-refractivity contribution in [2.45, 2.75) is 6.61 Å². The van der Waals surface area contributed by atoms with Crippen molar-refractivity contribution < 1.29 is 4.74 Å². The van der Waals surface area contributed by atoms with Gasteiger partial charge in [-0.25, -0.2) is 0 Å². The average molecular weight is 475 g/mol. The summed E-state index contributed by atoms with van der Waals surface area (Å²) in [7, 11) is 0. The molecule has 0 saturated carbocycles. The topological polar surface area (TPSA) is 33.0 Å². The van der Waals surface area contributed by atoms with E-state index in [4.69, 9.17) is 16.3 Å². The number of nitrogens with zero attached hydrogens (tertiary/aromatic N) is 1. The van der Waals surface area contributed by atoms with Gasteiger partial charge in [-0.2, -0.15) is 5.26 Å². The SMILES string of the molecule is N#C/C(=C/c1ccc(OCc2cccc3ccccc23)c(Br)c1)c1cccc(Cl)c1. The minimum absolute atomic E-state index is 0.473. The number of hydrogen-bond acceptors (Lipinski definition) is 2. The summed E-state index contributed by atoms with van der Waals surface area (Å²) < 4.78 is 6.90. The fourth-order valence-electron chi connectivity index (χ4n) is 3.30. The zero-order valence-electron chi connectivity index (χ0n) is 16.0. The molecule has 0 N–H and O–H groups in total. The van der Waals surface area contributed by atoms with Crippen molar-refractivity contribution in [3.05, 3.63) is 111 Å². The second-order valence-corrected chi connectivity index (χ2v) is 8.09. The first kappa shape index (κ1) is 20.2. The molecule has 0 unspecified atom stereocenters. The van der Waals surface area contributed by atoms with Gasteiger partial charge in [0, 0.05) is 5.02 Å². The Bertz CT molecular complexity index is 1280. The number of hydrogen-bond donors (Lipinski definition) is 0. The second-order valence-electron chi connectivity index (χ2n) is 6.80. The van der Waals surface area contributed by atoms with Crippen molar-refractivity contribution in [2.75, 3.05) is 0 Å². The molecule has 0 spiro atoms. The van der Waals surface area contributed by atoms with Crippen molar-refractivity contribution in [1.29, 1.82) is 5.26 Å². The van der Waals surface area contributed by atoms with Crippen molar-refractivity contribution >= 4 is 50.0 Å². The van der Waals surface area contributed by atoms with Gasteiger partial charge in [0.05, 0.1) is 16.1 Å². The van der Waals surface area contributed by atoms with Gasteiger partial charge >= 0.3 is 0 Å². The van der Waals surface area contributed by atoms with E-state index in [0.29, 0.717) is 17.2 Å². The van der Waals surface area contributed by atoms with Gasteiger partial charge in [-0.15, -0.1) is 0 Å². The van der Waals surface area contributed by atoms with Crippen molar-refractivity contribution in [3.63, 3.8) is 0 Å². The highest BCUT2D eigenvalue weighted by molar-refractivity contribution is 9.10. The molecule has 4 aromatic rings. The van der Waals surface area contributed by atoms with Crippen LogP contribution in [-0.2, 0) is 6.61 Å². The molecule has 0 fully saturated rings. The van der Waals surface area contributed by atoms with Crippen LogP contribution >= 0.6 is 27.5 Å². The first-order valence-electron chi connectivity index (χ1n) is 9.41. The fourth-order valence-corrected chi connectivity index (χ4v) is 4.00. The van der Waals surface area contributed by atoms with Crippen LogP contribution in [0, 0.1) is 11.3 Å². The minimum atomic E-state index is 0.473. The van der Waals surface area contributed by atoms with E-state index >= 15 is 0 Å². The molecule has 0 amide bonds. The summed E-state index contributed by atoms with van der Waals surface area (Å²) in [5.41, 5.74) is 3.37. The normalized spacial score (nSPS) is 11.3. The summed E-state index contributed by atoms with van der Waals surface area (Å²) in [4.78, 5) is 0. The maximum absolute atomic E-state index is 9.55. The molecule has 0 aliphatic carbocycles. The zero-order chi connectivity index (χ0) is 20.9.